The zero-order valence-corrected chi connectivity index (χ0v) is 15.8. The zero-order chi connectivity index (χ0) is 17.0. The summed E-state index contributed by atoms with van der Waals surface area (Å²) in [6, 6.07) is 4.35. The first-order valence-electron chi connectivity index (χ1n) is 7.69. The van der Waals surface area contributed by atoms with Gasteiger partial charge < -0.3 is 16.0 Å². The Balaban J connectivity index is 0.00000288. The Morgan fingerprint density at radius 3 is 2.71 bits per heavy atom. The Morgan fingerprint density at radius 2 is 2.08 bits per heavy atom. The van der Waals surface area contributed by atoms with Gasteiger partial charge in [0.05, 0.1) is 10.0 Å². The van der Waals surface area contributed by atoms with Crippen molar-refractivity contribution in [3.05, 3.63) is 33.8 Å². The van der Waals surface area contributed by atoms with Crippen LogP contribution in [0.5, 0.6) is 0 Å². The molecule has 0 spiro atoms. The second-order valence-electron chi connectivity index (χ2n) is 5.84. The summed E-state index contributed by atoms with van der Waals surface area (Å²) in [5.41, 5.74) is 6.11. The highest BCUT2D eigenvalue weighted by molar-refractivity contribution is 6.42. The Kier molecular flexibility index (Phi) is 8.30. The van der Waals surface area contributed by atoms with Gasteiger partial charge in [0, 0.05) is 24.7 Å². The van der Waals surface area contributed by atoms with Crippen molar-refractivity contribution in [2.45, 2.75) is 38.3 Å². The predicted molar refractivity (Wildman–Crippen MR) is 99.0 cm³/mol. The van der Waals surface area contributed by atoms with Crippen LogP contribution in [0.15, 0.2) is 18.2 Å². The van der Waals surface area contributed by atoms with Crippen LogP contribution in [0.2, 0.25) is 10.0 Å². The van der Waals surface area contributed by atoms with Crippen LogP contribution in [0.4, 0.5) is 0 Å². The molecule has 0 aliphatic carbocycles. The third-order valence-electron chi connectivity index (χ3n) is 3.88. The van der Waals surface area contributed by atoms with Gasteiger partial charge in [-0.05, 0) is 44.4 Å². The number of benzene rings is 1. The van der Waals surface area contributed by atoms with Gasteiger partial charge in [0.15, 0.2) is 0 Å². The Labute approximate surface area is 158 Å². The molecule has 2 atom stereocenters. The maximum atomic E-state index is 12.6. The van der Waals surface area contributed by atoms with Gasteiger partial charge in [0.2, 0.25) is 5.91 Å². The number of nitrogens with zero attached hydrogens (tertiary/aromatic N) is 1. The van der Waals surface area contributed by atoms with Crippen molar-refractivity contribution in [2.75, 3.05) is 13.1 Å². The van der Waals surface area contributed by atoms with Gasteiger partial charge in [-0.2, -0.15) is 0 Å². The van der Waals surface area contributed by atoms with Crippen molar-refractivity contribution in [3.63, 3.8) is 0 Å². The van der Waals surface area contributed by atoms with Gasteiger partial charge in [-0.3, -0.25) is 9.59 Å². The molecule has 1 heterocycles. The van der Waals surface area contributed by atoms with E-state index in [2.05, 4.69) is 5.32 Å². The molecule has 1 aromatic rings. The number of likely N-dealkylation sites (tertiary alicyclic amines) is 1. The minimum atomic E-state index is -0.440. The average Bonchev–Trinajstić information content (AvgIpc) is 2.98. The summed E-state index contributed by atoms with van der Waals surface area (Å²) in [7, 11) is 0. The Morgan fingerprint density at radius 1 is 1.38 bits per heavy atom. The van der Waals surface area contributed by atoms with Crippen molar-refractivity contribution in [2.24, 2.45) is 5.73 Å². The largest absolute Gasteiger partial charge is 0.354 e. The second kappa shape index (κ2) is 9.47. The first-order chi connectivity index (χ1) is 10.9. The maximum absolute atomic E-state index is 12.6. The average molecular weight is 395 g/mol. The van der Waals surface area contributed by atoms with Crippen LogP contribution in [0, 0.1) is 0 Å². The highest BCUT2D eigenvalue weighted by Gasteiger charge is 2.34. The van der Waals surface area contributed by atoms with E-state index in [1.807, 2.05) is 6.92 Å². The van der Waals surface area contributed by atoms with E-state index >= 15 is 0 Å². The molecule has 0 saturated carbocycles. The van der Waals surface area contributed by atoms with E-state index in [-0.39, 0.29) is 30.3 Å². The Bertz CT molecular complexity index is 596. The van der Waals surface area contributed by atoms with E-state index < -0.39 is 6.04 Å². The summed E-state index contributed by atoms with van der Waals surface area (Å²) in [5, 5.41) is 3.58. The lowest BCUT2D eigenvalue weighted by Gasteiger charge is -2.24. The third kappa shape index (κ3) is 5.24. The molecule has 1 aromatic carbocycles. The number of nitrogens with two attached hydrogens (primary N) is 1. The van der Waals surface area contributed by atoms with E-state index in [0.717, 1.165) is 6.42 Å². The highest BCUT2D eigenvalue weighted by atomic mass is 35.5. The monoisotopic (exact) mass is 393 g/mol. The maximum Gasteiger partial charge on any atom is 0.254 e. The van der Waals surface area contributed by atoms with Gasteiger partial charge >= 0.3 is 0 Å². The molecular weight excluding hydrogens is 373 g/mol. The van der Waals surface area contributed by atoms with Crippen molar-refractivity contribution >= 4 is 47.4 Å². The fourth-order valence-corrected chi connectivity index (χ4v) is 2.92. The minimum Gasteiger partial charge on any atom is -0.354 e. The van der Waals surface area contributed by atoms with Crippen molar-refractivity contribution in [3.8, 4) is 0 Å². The van der Waals surface area contributed by atoms with Gasteiger partial charge in [-0.15, -0.1) is 12.4 Å². The molecule has 8 heteroatoms. The number of carbonyl (C=O) groups excluding carboxylic acids is 2. The number of nitrogens with one attached hydrogen (secondary N) is 1. The van der Waals surface area contributed by atoms with Crippen LogP contribution in [0.25, 0.3) is 0 Å². The predicted octanol–water partition coefficient (Wildman–Crippen LogP) is 2.87. The molecule has 0 radical (unpaired) electrons. The molecule has 0 aromatic heterocycles. The summed E-state index contributed by atoms with van der Waals surface area (Å²) in [6.45, 7) is 2.97. The summed E-state index contributed by atoms with van der Waals surface area (Å²) in [6.07, 6.45) is 2.18. The molecule has 134 valence electrons. The SMILES string of the molecule is CC(N)CCNC(=O)C1CCCN1C(=O)c1ccc(Cl)c(Cl)c1.Cl. The number of halogens is 3. The lowest BCUT2D eigenvalue weighted by Crippen LogP contribution is -2.46. The quantitative estimate of drug-likeness (QED) is 0.806. The smallest absolute Gasteiger partial charge is 0.254 e. The fraction of sp³-hybridized carbons (Fsp3) is 0.500. The van der Waals surface area contributed by atoms with Crippen molar-refractivity contribution in [1.82, 2.24) is 10.2 Å². The van der Waals surface area contributed by atoms with Crippen LogP contribution in [0.1, 0.15) is 36.5 Å². The van der Waals surface area contributed by atoms with Crippen molar-refractivity contribution < 1.29 is 9.59 Å². The highest BCUT2D eigenvalue weighted by Crippen LogP contribution is 2.25. The van der Waals surface area contributed by atoms with Crippen LogP contribution in [-0.2, 0) is 4.79 Å². The lowest BCUT2D eigenvalue weighted by atomic mass is 10.1. The number of hydrogen-bond acceptors (Lipinski definition) is 3. The molecule has 24 heavy (non-hydrogen) atoms. The van der Waals surface area contributed by atoms with E-state index in [0.29, 0.717) is 41.5 Å². The van der Waals surface area contributed by atoms with Crippen LogP contribution < -0.4 is 11.1 Å². The second-order valence-corrected chi connectivity index (χ2v) is 6.66. The van der Waals surface area contributed by atoms with Crippen LogP contribution in [-0.4, -0.2) is 41.9 Å². The zero-order valence-electron chi connectivity index (χ0n) is 13.4. The molecule has 2 rings (SSSR count). The molecule has 5 nitrogen and oxygen atoms in total. The van der Waals surface area contributed by atoms with E-state index in [9.17, 15) is 9.59 Å². The number of amides is 2. The van der Waals surface area contributed by atoms with E-state index in [4.69, 9.17) is 28.9 Å². The summed E-state index contributed by atoms with van der Waals surface area (Å²) in [4.78, 5) is 26.5. The fourth-order valence-electron chi connectivity index (χ4n) is 2.62. The van der Waals surface area contributed by atoms with Crippen LogP contribution >= 0.6 is 35.6 Å². The molecule has 1 aliphatic rings. The molecule has 1 fully saturated rings. The molecule has 1 aliphatic heterocycles. The Hall–Kier alpha value is -1.01. The van der Waals surface area contributed by atoms with E-state index in [1.54, 1.807) is 17.0 Å². The van der Waals surface area contributed by atoms with Gasteiger partial charge in [0.25, 0.3) is 5.91 Å². The molecule has 2 unspecified atom stereocenters. The first kappa shape index (κ1) is 21.0. The summed E-state index contributed by atoms with van der Waals surface area (Å²) in [5.74, 6) is -0.329. The van der Waals surface area contributed by atoms with Gasteiger partial charge in [-0.25, -0.2) is 0 Å². The first-order valence-corrected chi connectivity index (χ1v) is 8.45. The number of hydrogen-bond donors (Lipinski definition) is 2. The molecule has 0 bridgehead atoms. The lowest BCUT2D eigenvalue weighted by molar-refractivity contribution is -0.124. The topological polar surface area (TPSA) is 75.4 Å². The van der Waals surface area contributed by atoms with Gasteiger partial charge in [0.1, 0.15) is 6.04 Å². The summed E-state index contributed by atoms with van der Waals surface area (Å²) >= 11 is 11.8. The third-order valence-corrected chi connectivity index (χ3v) is 4.62. The molecule has 1 saturated heterocycles. The van der Waals surface area contributed by atoms with Crippen molar-refractivity contribution in [1.29, 1.82) is 0 Å². The minimum absolute atomic E-state index is 0. The number of carbonyl (C=O) groups is 2. The van der Waals surface area contributed by atoms with Gasteiger partial charge in [-0.1, -0.05) is 23.2 Å². The molecule has 3 N–H and O–H groups in total. The van der Waals surface area contributed by atoms with Crippen LogP contribution in [0.3, 0.4) is 0 Å². The summed E-state index contributed by atoms with van der Waals surface area (Å²) < 4.78 is 0. The van der Waals surface area contributed by atoms with E-state index in [1.165, 1.54) is 6.07 Å². The standard InChI is InChI=1S/C16H21Cl2N3O2.ClH/c1-10(19)6-7-20-15(22)14-3-2-8-21(14)16(23)11-4-5-12(17)13(18)9-11;/h4-5,9-10,14H,2-3,6-8,19H2,1H3,(H,20,22);1H. The molecular formula is C16H22Cl3N3O2. The molecule has 2 amide bonds. The normalized spacial score (nSPS) is 18.0. The number of rotatable bonds is 5.